The molecule has 0 aromatic heterocycles. The molecule has 9 nitrogen and oxygen atoms in total. The van der Waals surface area contributed by atoms with Crippen LogP contribution < -0.4 is 0 Å². The standard InChI is InChI=1S/C32H41N3O6/c1-33(32(38)41-21-23-9-11-28(12-10-23)35(39)40)27-13-15-34(16-14-27)20-26-18-25(30(31(36)37)17-22-7-8-22)19-29(26)24-5-3-2-4-6-24/h2-6,9-12,22,25-27,29-30H,7-8,13-21H2,1H3,(H,36,37)/t25?,26-,29-,30?/m1/s1. The maximum absolute atomic E-state index is 12.7. The third kappa shape index (κ3) is 7.44. The zero-order valence-corrected chi connectivity index (χ0v) is 23.8. The summed E-state index contributed by atoms with van der Waals surface area (Å²) in [5.41, 5.74) is 2.03. The molecule has 1 aliphatic heterocycles. The number of aliphatic carboxylic acids is 1. The molecule has 2 saturated carbocycles. The molecule has 2 aromatic rings. The number of benzene rings is 2. The lowest BCUT2D eigenvalue weighted by Gasteiger charge is -2.38. The van der Waals surface area contributed by atoms with Crippen molar-refractivity contribution in [2.45, 2.75) is 63.5 Å². The van der Waals surface area contributed by atoms with Gasteiger partial charge in [0.2, 0.25) is 0 Å². The van der Waals surface area contributed by atoms with Crippen molar-refractivity contribution in [1.29, 1.82) is 0 Å². The fraction of sp³-hybridized carbons (Fsp3) is 0.562. The van der Waals surface area contributed by atoms with Gasteiger partial charge in [-0.05, 0) is 79.0 Å². The van der Waals surface area contributed by atoms with Gasteiger partial charge in [0.15, 0.2) is 0 Å². The summed E-state index contributed by atoms with van der Waals surface area (Å²) < 4.78 is 5.48. The molecule has 2 unspecified atom stereocenters. The van der Waals surface area contributed by atoms with Gasteiger partial charge in [-0.3, -0.25) is 14.9 Å². The number of likely N-dealkylation sites (tertiary alicyclic amines) is 1. The first kappa shape index (κ1) is 29.0. The van der Waals surface area contributed by atoms with E-state index in [0.717, 1.165) is 51.7 Å². The lowest BCUT2D eigenvalue weighted by molar-refractivity contribution is -0.384. The molecule has 0 spiro atoms. The average Bonchev–Trinajstić information content (AvgIpc) is 3.72. The van der Waals surface area contributed by atoms with E-state index in [1.165, 1.54) is 30.5 Å². The number of carboxylic acid groups (broad SMARTS) is 1. The lowest BCUT2D eigenvalue weighted by Crippen LogP contribution is -2.46. The highest BCUT2D eigenvalue weighted by molar-refractivity contribution is 5.70. The number of hydrogen-bond donors (Lipinski definition) is 1. The van der Waals surface area contributed by atoms with E-state index in [-0.39, 0.29) is 36.3 Å². The van der Waals surface area contributed by atoms with Crippen LogP contribution in [0.15, 0.2) is 54.6 Å². The number of amides is 1. The second-order valence-electron chi connectivity index (χ2n) is 12.3. The number of ether oxygens (including phenoxy) is 1. The summed E-state index contributed by atoms with van der Waals surface area (Å²) in [6.45, 7) is 2.80. The van der Waals surface area contributed by atoms with Crippen LogP contribution in [0.3, 0.4) is 0 Å². The van der Waals surface area contributed by atoms with Gasteiger partial charge in [-0.25, -0.2) is 4.79 Å². The van der Waals surface area contributed by atoms with Gasteiger partial charge in [-0.15, -0.1) is 0 Å². The first-order valence-corrected chi connectivity index (χ1v) is 14.9. The molecule has 4 atom stereocenters. The Morgan fingerprint density at radius 3 is 2.34 bits per heavy atom. The number of nitrogens with zero attached hydrogens (tertiary/aromatic N) is 3. The Morgan fingerprint density at radius 1 is 1.05 bits per heavy atom. The van der Waals surface area contributed by atoms with Gasteiger partial charge in [0, 0.05) is 44.9 Å². The van der Waals surface area contributed by atoms with Crippen LogP contribution in [0.4, 0.5) is 10.5 Å². The number of rotatable bonds is 11. The Kier molecular flexibility index (Phi) is 9.22. The van der Waals surface area contributed by atoms with E-state index < -0.39 is 10.9 Å². The van der Waals surface area contributed by atoms with Crippen molar-refractivity contribution in [3.05, 3.63) is 75.8 Å². The molecule has 1 N–H and O–H groups in total. The van der Waals surface area contributed by atoms with Crippen molar-refractivity contribution < 1.29 is 24.4 Å². The van der Waals surface area contributed by atoms with Crippen molar-refractivity contribution in [2.24, 2.45) is 23.7 Å². The number of carbonyl (C=O) groups is 2. The number of carboxylic acids is 1. The normalized spacial score (nSPS) is 24.1. The molecule has 3 fully saturated rings. The zero-order valence-electron chi connectivity index (χ0n) is 23.8. The van der Waals surface area contributed by atoms with Gasteiger partial charge in [0.05, 0.1) is 10.8 Å². The predicted molar refractivity (Wildman–Crippen MR) is 154 cm³/mol. The molecule has 5 rings (SSSR count). The molecular formula is C32H41N3O6. The quantitative estimate of drug-likeness (QED) is 0.266. The molecule has 0 radical (unpaired) electrons. The second kappa shape index (κ2) is 13.0. The lowest BCUT2D eigenvalue weighted by atomic mass is 9.85. The third-order valence-electron chi connectivity index (χ3n) is 9.52. The fourth-order valence-corrected chi connectivity index (χ4v) is 6.95. The largest absolute Gasteiger partial charge is 0.481 e. The smallest absolute Gasteiger partial charge is 0.410 e. The SMILES string of the molecule is CN(C(=O)OCc1ccc([N+](=O)[O-])cc1)C1CCN(C[C@H]2CC(C(CC3CC3)C(=O)O)C[C@@H]2c2ccccc2)CC1. The summed E-state index contributed by atoms with van der Waals surface area (Å²) in [4.78, 5) is 39.5. The maximum atomic E-state index is 12.7. The highest BCUT2D eigenvalue weighted by atomic mass is 16.6. The summed E-state index contributed by atoms with van der Waals surface area (Å²) >= 11 is 0. The van der Waals surface area contributed by atoms with E-state index in [1.54, 1.807) is 24.1 Å². The number of non-ortho nitro benzene ring substituents is 1. The first-order valence-electron chi connectivity index (χ1n) is 14.9. The van der Waals surface area contributed by atoms with Crippen LogP contribution in [0.2, 0.25) is 0 Å². The Bertz CT molecular complexity index is 1190. The summed E-state index contributed by atoms with van der Waals surface area (Å²) in [6.07, 6.45) is 6.40. The van der Waals surface area contributed by atoms with E-state index in [0.29, 0.717) is 23.3 Å². The minimum atomic E-state index is -0.626. The molecule has 1 saturated heterocycles. The maximum Gasteiger partial charge on any atom is 0.410 e. The zero-order chi connectivity index (χ0) is 28.9. The highest BCUT2D eigenvalue weighted by Crippen LogP contribution is 2.49. The average molecular weight is 564 g/mol. The third-order valence-corrected chi connectivity index (χ3v) is 9.52. The molecule has 2 aliphatic carbocycles. The van der Waals surface area contributed by atoms with Crippen molar-refractivity contribution >= 4 is 17.7 Å². The number of carbonyl (C=O) groups excluding carboxylic acids is 1. The van der Waals surface area contributed by atoms with Gasteiger partial charge in [0.25, 0.3) is 5.69 Å². The van der Waals surface area contributed by atoms with E-state index in [9.17, 15) is 24.8 Å². The van der Waals surface area contributed by atoms with Crippen LogP contribution in [0.1, 0.15) is 62.0 Å². The molecule has 0 bridgehead atoms. The Morgan fingerprint density at radius 2 is 1.73 bits per heavy atom. The molecule has 1 heterocycles. The highest BCUT2D eigenvalue weighted by Gasteiger charge is 2.43. The molecule has 3 aliphatic rings. The van der Waals surface area contributed by atoms with Gasteiger partial charge in [-0.1, -0.05) is 43.2 Å². The van der Waals surface area contributed by atoms with Gasteiger partial charge in [0.1, 0.15) is 6.61 Å². The fourth-order valence-electron chi connectivity index (χ4n) is 6.95. The summed E-state index contributed by atoms with van der Waals surface area (Å²) in [6, 6.07) is 16.7. The molecule has 220 valence electrons. The topological polar surface area (TPSA) is 113 Å². The van der Waals surface area contributed by atoms with Crippen molar-refractivity contribution in [3.8, 4) is 0 Å². The van der Waals surface area contributed by atoms with E-state index in [2.05, 4.69) is 29.2 Å². The minimum absolute atomic E-state index is 0.00660. The summed E-state index contributed by atoms with van der Waals surface area (Å²) in [7, 11) is 1.78. The van der Waals surface area contributed by atoms with E-state index in [1.807, 2.05) is 6.07 Å². The van der Waals surface area contributed by atoms with Gasteiger partial charge < -0.3 is 19.6 Å². The van der Waals surface area contributed by atoms with Gasteiger partial charge in [-0.2, -0.15) is 0 Å². The Balaban J connectivity index is 1.14. The van der Waals surface area contributed by atoms with Crippen LogP contribution in [-0.4, -0.2) is 64.6 Å². The van der Waals surface area contributed by atoms with Crippen molar-refractivity contribution in [2.75, 3.05) is 26.7 Å². The monoisotopic (exact) mass is 563 g/mol. The minimum Gasteiger partial charge on any atom is -0.481 e. The predicted octanol–water partition coefficient (Wildman–Crippen LogP) is 5.94. The van der Waals surface area contributed by atoms with Crippen molar-refractivity contribution in [3.63, 3.8) is 0 Å². The number of nitro benzene ring substituents is 1. The van der Waals surface area contributed by atoms with Crippen LogP contribution >= 0.6 is 0 Å². The van der Waals surface area contributed by atoms with Crippen molar-refractivity contribution in [1.82, 2.24) is 9.80 Å². The Labute approximate surface area is 241 Å². The van der Waals surface area contributed by atoms with Crippen LogP contribution in [0.25, 0.3) is 0 Å². The van der Waals surface area contributed by atoms with Crippen LogP contribution in [0, 0.1) is 33.8 Å². The molecule has 2 aromatic carbocycles. The molecule has 1 amide bonds. The number of hydrogen-bond acceptors (Lipinski definition) is 6. The summed E-state index contributed by atoms with van der Waals surface area (Å²) in [5, 5.41) is 20.9. The molecular weight excluding hydrogens is 522 g/mol. The summed E-state index contributed by atoms with van der Waals surface area (Å²) in [5.74, 6) is 0.745. The molecule has 41 heavy (non-hydrogen) atoms. The van der Waals surface area contributed by atoms with Crippen LogP contribution in [-0.2, 0) is 16.1 Å². The first-order chi connectivity index (χ1) is 19.8. The number of piperidine rings is 1. The molecule has 9 heteroatoms. The van der Waals surface area contributed by atoms with E-state index >= 15 is 0 Å². The number of nitro groups is 1. The van der Waals surface area contributed by atoms with E-state index in [4.69, 9.17) is 4.74 Å². The van der Waals surface area contributed by atoms with Gasteiger partial charge >= 0.3 is 12.1 Å². The van der Waals surface area contributed by atoms with Crippen LogP contribution in [0.5, 0.6) is 0 Å². The Hall–Kier alpha value is -3.46. The second-order valence-corrected chi connectivity index (χ2v) is 12.3.